The second-order valence-electron chi connectivity index (χ2n) is 3.61. The first-order valence-electron chi connectivity index (χ1n) is 4.94. The Balaban J connectivity index is 0.00000200. The van der Waals surface area contributed by atoms with E-state index in [2.05, 4.69) is 0 Å². The molecular formula is C12H6ClF6P. The molecule has 0 amide bonds. The Kier molecular flexibility index (Phi) is 5.42. The molecule has 2 aromatic carbocycles. The molecule has 0 saturated carbocycles. The van der Waals surface area contributed by atoms with Crippen molar-refractivity contribution in [1.29, 1.82) is 0 Å². The highest BCUT2D eigenvalue weighted by atomic mass is 35.5. The summed E-state index contributed by atoms with van der Waals surface area (Å²) in [6.45, 7) is 0. The summed E-state index contributed by atoms with van der Waals surface area (Å²) in [5.41, 5.74) is 0. The molecule has 8 heteroatoms. The van der Waals surface area contributed by atoms with Crippen molar-refractivity contribution in [2.24, 2.45) is 0 Å². The molecular weight excluding hydrogens is 325 g/mol. The van der Waals surface area contributed by atoms with Crippen molar-refractivity contribution < 1.29 is 26.3 Å². The predicted molar refractivity (Wildman–Crippen MR) is 67.5 cm³/mol. The summed E-state index contributed by atoms with van der Waals surface area (Å²) >= 11 is 0. The largest absolute Gasteiger partial charge is 0.207 e. The van der Waals surface area contributed by atoms with E-state index in [1.165, 1.54) is 0 Å². The fraction of sp³-hybridized carbons (Fsp3) is 0. The summed E-state index contributed by atoms with van der Waals surface area (Å²) in [4.78, 5) is 0. The standard InChI is InChI=1S/C12H5F6P.ClH/c13-5-1-7(15)11(8(16)2-5)19-12-9(17)3-6(14)4-10(12)18;/h1-4,19H;1H. The minimum atomic E-state index is -1.25. The van der Waals surface area contributed by atoms with E-state index in [-0.39, 0.29) is 12.4 Å². The highest BCUT2D eigenvalue weighted by Crippen LogP contribution is 2.21. The van der Waals surface area contributed by atoms with E-state index in [0.717, 1.165) is 0 Å². The Hall–Kier alpha value is -1.26. The highest BCUT2D eigenvalue weighted by molar-refractivity contribution is 7.55. The zero-order valence-electron chi connectivity index (χ0n) is 9.49. The molecule has 0 saturated heterocycles. The van der Waals surface area contributed by atoms with Crippen molar-refractivity contribution in [1.82, 2.24) is 0 Å². The molecule has 0 nitrogen and oxygen atoms in total. The number of hydrogen-bond donors (Lipinski definition) is 0. The summed E-state index contributed by atoms with van der Waals surface area (Å²) in [6.07, 6.45) is 0. The number of hydrogen-bond acceptors (Lipinski definition) is 0. The van der Waals surface area contributed by atoms with Crippen LogP contribution < -0.4 is 10.6 Å². The lowest BCUT2D eigenvalue weighted by Crippen LogP contribution is -2.17. The summed E-state index contributed by atoms with van der Waals surface area (Å²) in [6, 6.07) is 1.63. The smallest absolute Gasteiger partial charge is 0.136 e. The van der Waals surface area contributed by atoms with E-state index in [0.29, 0.717) is 24.3 Å². The van der Waals surface area contributed by atoms with Crippen molar-refractivity contribution in [2.75, 3.05) is 0 Å². The van der Waals surface area contributed by atoms with Gasteiger partial charge in [0.1, 0.15) is 34.9 Å². The molecule has 0 aromatic heterocycles. The molecule has 108 valence electrons. The minimum Gasteiger partial charge on any atom is -0.207 e. The molecule has 0 heterocycles. The van der Waals surface area contributed by atoms with E-state index in [4.69, 9.17) is 0 Å². The van der Waals surface area contributed by atoms with Crippen LogP contribution in [0.4, 0.5) is 26.3 Å². The number of benzene rings is 2. The van der Waals surface area contributed by atoms with Crippen LogP contribution >= 0.6 is 21.0 Å². The first kappa shape index (κ1) is 16.8. The zero-order chi connectivity index (χ0) is 14.2. The Morgan fingerprint density at radius 2 is 0.800 bits per heavy atom. The molecule has 20 heavy (non-hydrogen) atoms. The van der Waals surface area contributed by atoms with Gasteiger partial charge < -0.3 is 0 Å². The number of halogens is 7. The maximum absolute atomic E-state index is 13.3. The second kappa shape index (κ2) is 6.46. The summed E-state index contributed by atoms with van der Waals surface area (Å²) in [7, 11) is -1.07. The van der Waals surface area contributed by atoms with Crippen LogP contribution in [0.3, 0.4) is 0 Å². The van der Waals surface area contributed by atoms with Gasteiger partial charge in [0.25, 0.3) is 0 Å². The molecule has 0 spiro atoms. The van der Waals surface area contributed by atoms with Gasteiger partial charge in [-0.1, -0.05) is 0 Å². The van der Waals surface area contributed by atoms with Gasteiger partial charge in [0.05, 0.1) is 0 Å². The van der Waals surface area contributed by atoms with Crippen molar-refractivity contribution in [3.8, 4) is 0 Å². The fourth-order valence-electron chi connectivity index (χ4n) is 1.45. The van der Waals surface area contributed by atoms with E-state index in [1.807, 2.05) is 0 Å². The fourth-order valence-corrected chi connectivity index (χ4v) is 2.46. The van der Waals surface area contributed by atoms with Gasteiger partial charge in [-0.25, -0.2) is 26.3 Å². The average Bonchev–Trinajstić information content (AvgIpc) is 2.25. The van der Waals surface area contributed by atoms with Gasteiger partial charge in [-0.3, -0.25) is 0 Å². The Bertz CT molecular complexity index is 544. The van der Waals surface area contributed by atoms with Crippen molar-refractivity contribution >= 4 is 31.6 Å². The van der Waals surface area contributed by atoms with Crippen LogP contribution in [-0.4, -0.2) is 0 Å². The molecule has 0 N–H and O–H groups in total. The topological polar surface area (TPSA) is 0 Å². The second-order valence-corrected chi connectivity index (χ2v) is 4.86. The molecule has 0 aliphatic rings. The first-order chi connectivity index (χ1) is 8.88. The molecule has 2 rings (SSSR count). The van der Waals surface area contributed by atoms with E-state index in [1.54, 1.807) is 0 Å². The third-order valence-electron chi connectivity index (χ3n) is 2.26. The zero-order valence-corrected chi connectivity index (χ0v) is 11.3. The Labute approximate surface area is 118 Å². The molecule has 0 unspecified atom stereocenters. The molecule has 0 aliphatic carbocycles. The third kappa shape index (κ3) is 3.44. The Morgan fingerprint density at radius 3 is 1.05 bits per heavy atom. The maximum Gasteiger partial charge on any atom is 0.136 e. The van der Waals surface area contributed by atoms with Crippen LogP contribution in [0, 0.1) is 34.9 Å². The van der Waals surface area contributed by atoms with Crippen LogP contribution in [0.2, 0.25) is 0 Å². The lowest BCUT2D eigenvalue weighted by molar-refractivity contribution is 0.552. The molecule has 0 aliphatic heterocycles. The minimum absolute atomic E-state index is 0. The van der Waals surface area contributed by atoms with Gasteiger partial charge in [0.15, 0.2) is 0 Å². The first-order valence-corrected chi connectivity index (χ1v) is 5.94. The quantitative estimate of drug-likeness (QED) is 0.583. The average molecular weight is 331 g/mol. The highest BCUT2D eigenvalue weighted by Gasteiger charge is 2.18. The van der Waals surface area contributed by atoms with Crippen LogP contribution in [0.15, 0.2) is 24.3 Å². The normalized spacial score (nSPS) is 10.3. The van der Waals surface area contributed by atoms with Gasteiger partial charge in [0, 0.05) is 34.9 Å². The molecule has 0 atom stereocenters. The number of rotatable bonds is 2. The summed E-state index contributed by atoms with van der Waals surface area (Å²) < 4.78 is 78.8. The van der Waals surface area contributed by atoms with Gasteiger partial charge >= 0.3 is 0 Å². The van der Waals surface area contributed by atoms with Crippen LogP contribution in [-0.2, 0) is 0 Å². The lowest BCUT2D eigenvalue weighted by Gasteiger charge is -2.08. The lowest BCUT2D eigenvalue weighted by atomic mass is 10.3. The van der Waals surface area contributed by atoms with Crippen LogP contribution in [0.25, 0.3) is 0 Å². The van der Waals surface area contributed by atoms with Gasteiger partial charge in [0.2, 0.25) is 0 Å². The summed E-state index contributed by atoms with van der Waals surface area (Å²) in [5, 5.41) is -1.32. The van der Waals surface area contributed by atoms with Crippen molar-refractivity contribution in [2.45, 2.75) is 0 Å². The van der Waals surface area contributed by atoms with E-state index < -0.39 is 54.1 Å². The van der Waals surface area contributed by atoms with Crippen LogP contribution in [0.1, 0.15) is 0 Å². The predicted octanol–water partition coefficient (Wildman–Crippen LogP) is 3.57. The van der Waals surface area contributed by atoms with Gasteiger partial charge in [-0.05, 0) is 8.58 Å². The van der Waals surface area contributed by atoms with E-state index >= 15 is 0 Å². The summed E-state index contributed by atoms with van der Waals surface area (Å²) in [5.74, 6) is -7.27. The maximum atomic E-state index is 13.3. The van der Waals surface area contributed by atoms with Crippen molar-refractivity contribution in [3.05, 3.63) is 59.2 Å². The van der Waals surface area contributed by atoms with E-state index in [9.17, 15) is 26.3 Å². The van der Waals surface area contributed by atoms with Gasteiger partial charge in [-0.15, -0.1) is 12.4 Å². The monoisotopic (exact) mass is 330 g/mol. The van der Waals surface area contributed by atoms with Crippen molar-refractivity contribution in [3.63, 3.8) is 0 Å². The molecule has 2 aromatic rings. The van der Waals surface area contributed by atoms with Gasteiger partial charge in [-0.2, -0.15) is 0 Å². The SMILES string of the molecule is Cl.Fc1cc(F)c(Pc2c(F)cc(F)cc2F)c(F)c1. The Morgan fingerprint density at radius 1 is 0.550 bits per heavy atom. The van der Waals surface area contributed by atoms with Crippen LogP contribution in [0.5, 0.6) is 0 Å². The third-order valence-corrected chi connectivity index (χ3v) is 3.72. The molecule has 0 radical (unpaired) electrons. The molecule has 0 fully saturated rings. The molecule has 0 bridgehead atoms.